The molecule has 2 aliphatic heterocycles. The number of ether oxygens (including phenoxy) is 1. The summed E-state index contributed by atoms with van der Waals surface area (Å²) in [6.45, 7) is 6.15. The minimum absolute atomic E-state index is 0.114. The quantitative estimate of drug-likeness (QED) is 0.659. The highest BCUT2D eigenvalue weighted by Crippen LogP contribution is 2.41. The third-order valence-corrected chi connectivity index (χ3v) is 5.46. The lowest BCUT2D eigenvalue weighted by Gasteiger charge is -2.33. The molecule has 1 saturated heterocycles. The number of anilines is 2. The molecule has 5 rings (SSSR count). The van der Waals surface area contributed by atoms with Crippen LogP contribution < -0.4 is 10.2 Å². The van der Waals surface area contributed by atoms with Gasteiger partial charge in [-0.2, -0.15) is 5.10 Å². The Labute approximate surface area is 172 Å². The largest absolute Gasteiger partial charge is 0.375 e. The van der Waals surface area contributed by atoms with Crippen molar-refractivity contribution in [3.63, 3.8) is 0 Å². The number of rotatable bonds is 2. The molecular formula is C22H21F2N5O. The maximum absolute atomic E-state index is 14.5. The van der Waals surface area contributed by atoms with E-state index in [1.54, 1.807) is 0 Å². The molecule has 3 heterocycles. The van der Waals surface area contributed by atoms with Crippen LogP contribution in [0.25, 0.3) is 11.3 Å². The number of aryl methyl sites for hydroxylation is 1. The summed E-state index contributed by atoms with van der Waals surface area (Å²) >= 11 is 0. The van der Waals surface area contributed by atoms with Crippen molar-refractivity contribution >= 4 is 22.9 Å². The van der Waals surface area contributed by atoms with Crippen LogP contribution in [0.15, 0.2) is 41.4 Å². The van der Waals surface area contributed by atoms with E-state index in [0.29, 0.717) is 23.7 Å². The predicted octanol–water partition coefficient (Wildman–Crippen LogP) is 4.39. The number of H-pyrrole nitrogens is 1. The minimum atomic E-state index is -0.675. The number of morpholine rings is 1. The van der Waals surface area contributed by atoms with Gasteiger partial charge in [-0.05, 0) is 44.2 Å². The van der Waals surface area contributed by atoms with Gasteiger partial charge in [0.05, 0.1) is 24.0 Å². The molecule has 0 aliphatic carbocycles. The van der Waals surface area contributed by atoms with Gasteiger partial charge in [-0.3, -0.25) is 5.10 Å². The molecule has 1 atom stereocenters. The number of nitrogens with zero attached hydrogens (tertiary/aromatic N) is 3. The van der Waals surface area contributed by atoms with E-state index >= 15 is 0 Å². The van der Waals surface area contributed by atoms with E-state index in [-0.39, 0.29) is 17.5 Å². The summed E-state index contributed by atoms with van der Waals surface area (Å²) in [7, 11) is 0. The predicted molar refractivity (Wildman–Crippen MR) is 113 cm³/mol. The van der Waals surface area contributed by atoms with E-state index in [9.17, 15) is 8.78 Å². The second kappa shape index (κ2) is 7.21. The summed E-state index contributed by atoms with van der Waals surface area (Å²) in [5.41, 5.74) is 4.28. The molecule has 8 heteroatoms. The molecule has 1 unspecified atom stereocenters. The average molecular weight is 409 g/mol. The van der Waals surface area contributed by atoms with Crippen LogP contribution in [0.3, 0.4) is 0 Å². The zero-order chi connectivity index (χ0) is 20.8. The number of amidine groups is 1. The zero-order valence-electron chi connectivity index (χ0n) is 16.7. The third kappa shape index (κ3) is 3.13. The number of benzene rings is 2. The molecule has 3 aromatic rings. The van der Waals surface area contributed by atoms with Crippen LogP contribution in [0.5, 0.6) is 0 Å². The Hall–Kier alpha value is -3.26. The Morgan fingerprint density at radius 2 is 1.97 bits per heavy atom. The number of fused-ring (bicyclic) bond motifs is 3. The number of nitrogens with one attached hydrogen (secondary N) is 2. The summed E-state index contributed by atoms with van der Waals surface area (Å²) in [4.78, 5) is 6.82. The molecule has 2 N–H and O–H groups in total. The molecule has 6 nitrogen and oxygen atoms in total. The normalized spacial score (nSPS) is 18.2. The van der Waals surface area contributed by atoms with E-state index in [1.807, 2.05) is 25.1 Å². The van der Waals surface area contributed by atoms with Crippen molar-refractivity contribution < 1.29 is 13.5 Å². The maximum Gasteiger partial charge on any atom is 0.144 e. The Morgan fingerprint density at radius 3 is 2.73 bits per heavy atom. The number of hydrogen-bond acceptors (Lipinski definition) is 5. The Bertz CT molecular complexity index is 1140. The summed E-state index contributed by atoms with van der Waals surface area (Å²) in [5.74, 6) is -1.24. The van der Waals surface area contributed by atoms with Gasteiger partial charge in [0.25, 0.3) is 0 Å². The van der Waals surface area contributed by atoms with E-state index in [2.05, 4.69) is 32.3 Å². The molecule has 1 aromatic heterocycles. The maximum atomic E-state index is 14.5. The van der Waals surface area contributed by atoms with Crippen molar-refractivity contribution in [3.05, 3.63) is 59.3 Å². The van der Waals surface area contributed by atoms with Gasteiger partial charge in [-0.15, -0.1) is 0 Å². The summed E-state index contributed by atoms with van der Waals surface area (Å²) < 4.78 is 34.6. The fourth-order valence-corrected chi connectivity index (χ4v) is 3.94. The van der Waals surface area contributed by atoms with Crippen LogP contribution in [0.1, 0.15) is 18.2 Å². The fourth-order valence-electron chi connectivity index (χ4n) is 3.94. The second-order valence-electron chi connectivity index (χ2n) is 7.59. The van der Waals surface area contributed by atoms with Gasteiger partial charge in [0, 0.05) is 30.0 Å². The number of hydrogen-bond donors (Lipinski definition) is 2. The third-order valence-electron chi connectivity index (χ3n) is 5.46. The number of aliphatic imine (C=N–C) groups is 1. The van der Waals surface area contributed by atoms with E-state index in [1.165, 1.54) is 18.2 Å². The molecule has 0 saturated carbocycles. The lowest BCUT2D eigenvalue weighted by atomic mass is 10.1. The first-order valence-electron chi connectivity index (χ1n) is 9.87. The van der Waals surface area contributed by atoms with Crippen LogP contribution in [0.2, 0.25) is 0 Å². The first-order valence-corrected chi connectivity index (χ1v) is 9.87. The van der Waals surface area contributed by atoms with Gasteiger partial charge >= 0.3 is 0 Å². The summed E-state index contributed by atoms with van der Waals surface area (Å²) in [6, 6.07) is 9.71. The number of aromatic amines is 1. The van der Waals surface area contributed by atoms with E-state index < -0.39 is 11.6 Å². The van der Waals surface area contributed by atoms with Crippen LogP contribution >= 0.6 is 0 Å². The molecule has 0 bridgehead atoms. The molecule has 2 aliphatic rings. The lowest BCUT2D eigenvalue weighted by molar-refractivity contribution is 0.0532. The van der Waals surface area contributed by atoms with Crippen molar-refractivity contribution in [1.29, 1.82) is 0 Å². The van der Waals surface area contributed by atoms with Gasteiger partial charge in [0.1, 0.15) is 28.9 Å². The molecular weight excluding hydrogens is 388 g/mol. The minimum Gasteiger partial charge on any atom is -0.375 e. The van der Waals surface area contributed by atoms with E-state index in [0.717, 1.165) is 30.0 Å². The van der Waals surface area contributed by atoms with Crippen molar-refractivity contribution in [2.75, 3.05) is 29.9 Å². The van der Waals surface area contributed by atoms with Crippen molar-refractivity contribution in [2.45, 2.75) is 20.0 Å². The monoisotopic (exact) mass is 409 g/mol. The molecule has 30 heavy (non-hydrogen) atoms. The summed E-state index contributed by atoms with van der Waals surface area (Å²) in [5, 5.41) is 10.5. The number of halogens is 2. The van der Waals surface area contributed by atoms with Gasteiger partial charge in [0.15, 0.2) is 0 Å². The highest BCUT2D eigenvalue weighted by molar-refractivity contribution is 6.13. The van der Waals surface area contributed by atoms with Crippen LogP contribution in [0.4, 0.5) is 25.8 Å². The Kier molecular flexibility index (Phi) is 4.51. The Morgan fingerprint density at radius 1 is 1.17 bits per heavy atom. The fraction of sp³-hybridized carbons (Fsp3) is 0.273. The van der Waals surface area contributed by atoms with Gasteiger partial charge in [-0.1, -0.05) is 6.07 Å². The van der Waals surface area contributed by atoms with E-state index in [4.69, 9.17) is 4.74 Å². The molecule has 1 fully saturated rings. The molecule has 0 radical (unpaired) electrons. The molecule has 0 amide bonds. The SMILES string of the molecule is Cc1[nH]nc2c1N=C(c1c(F)cccc1F)Nc1ccc(N3CCOC(C)C3)cc1-2. The van der Waals surface area contributed by atoms with Crippen LogP contribution in [-0.4, -0.2) is 41.8 Å². The van der Waals surface area contributed by atoms with Crippen molar-refractivity contribution in [1.82, 2.24) is 10.2 Å². The molecule has 0 spiro atoms. The Balaban J connectivity index is 1.64. The van der Waals surface area contributed by atoms with Gasteiger partial charge in [0.2, 0.25) is 0 Å². The van der Waals surface area contributed by atoms with Gasteiger partial charge < -0.3 is 15.0 Å². The highest BCUT2D eigenvalue weighted by atomic mass is 19.1. The van der Waals surface area contributed by atoms with Crippen LogP contribution in [0, 0.1) is 18.6 Å². The van der Waals surface area contributed by atoms with Crippen molar-refractivity contribution in [3.8, 4) is 11.3 Å². The number of aromatic nitrogens is 2. The van der Waals surface area contributed by atoms with Gasteiger partial charge in [-0.25, -0.2) is 13.8 Å². The smallest absolute Gasteiger partial charge is 0.144 e. The standard InChI is InChI=1S/C22H21F2N5O/c1-12-11-29(8-9-30-12)14-6-7-18-15(10-14)21-20(13(2)27-28-21)26-22(25-18)19-16(23)4-3-5-17(19)24/h3-7,10,12H,8-9,11H2,1-2H3,(H,25,26)(H,27,28). The average Bonchev–Trinajstić information content (AvgIpc) is 2.99. The second-order valence-corrected chi connectivity index (χ2v) is 7.59. The summed E-state index contributed by atoms with van der Waals surface area (Å²) in [6.07, 6.45) is 0.151. The highest BCUT2D eigenvalue weighted by Gasteiger charge is 2.26. The lowest BCUT2D eigenvalue weighted by Crippen LogP contribution is -2.41. The first kappa shape index (κ1) is 18.7. The van der Waals surface area contributed by atoms with Crippen molar-refractivity contribution in [2.24, 2.45) is 4.99 Å². The zero-order valence-corrected chi connectivity index (χ0v) is 16.7. The first-order chi connectivity index (χ1) is 14.5. The van der Waals surface area contributed by atoms with Crippen LogP contribution in [-0.2, 0) is 4.74 Å². The topological polar surface area (TPSA) is 65.5 Å². The molecule has 154 valence electrons. The molecule has 2 aromatic carbocycles.